The first-order chi connectivity index (χ1) is 12.2. The summed E-state index contributed by atoms with van der Waals surface area (Å²) in [7, 11) is 0. The Balaban J connectivity index is 1.26. The minimum Gasteiger partial charge on any atom is -0.485 e. The van der Waals surface area contributed by atoms with Gasteiger partial charge in [-0.05, 0) is 24.3 Å². The number of nitrogens with zero attached hydrogens (tertiary/aromatic N) is 3. The number of halogens is 1. The first kappa shape index (κ1) is 16.4. The lowest BCUT2D eigenvalue weighted by molar-refractivity contribution is -0.186. The lowest BCUT2D eigenvalue weighted by Crippen LogP contribution is -2.44. The molecule has 0 atom stereocenters. The van der Waals surface area contributed by atoms with Crippen LogP contribution in [-0.4, -0.2) is 47.1 Å². The van der Waals surface area contributed by atoms with Gasteiger partial charge in [-0.3, -0.25) is 4.90 Å². The second kappa shape index (κ2) is 7.07. The first-order valence-electron chi connectivity index (χ1n) is 8.41. The van der Waals surface area contributed by atoms with Crippen LogP contribution in [0.15, 0.2) is 28.8 Å². The van der Waals surface area contributed by atoms with Crippen LogP contribution >= 0.6 is 0 Å². The molecule has 1 aromatic carbocycles. The van der Waals surface area contributed by atoms with Gasteiger partial charge in [0.2, 0.25) is 11.7 Å². The van der Waals surface area contributed by atoms with Crippen molar-refractivity contribution in [1.82, 2.24) is 15.0 Å². The van der Waals surface area contributed by atoms with Crippen LogP contribution in [0, 0.1) is 5.82 Å². The van der Waals surface area contributed by atoms with E-state index in [9.17, 15) is 4.39 Å². The van der Waals surface area contributed by atoms with Crippen LogP contribution < -0.4 is 4.74 Å². The molecule has 3 heterocycles. The fraction of sp³-hybridized carbons (Fsp3) is 0.529. The first-order valence-corrected chi connectivity index (χ1v) is 8.41. The van der Waals surface area contributed by atoms with Crippen molar-refractivity contribution < 1.29 is 23.1 Å². The molecule has 2 fully saturated rings. The summed E-state index contributed by atoms with van der Waals surface area (Å²) >= 11 is 0. The second-order valence-electron chi connectivity index (χ2n) is 6.23. The summed E-state index contributed by atoms with van der Waals surface area (Å²) in [5.74, 6) is 0.910. The maximum atomic E-state index is 12.9. The van der Waals surface area contributed by atoms with Crippen LogP contribution in [0.2, 0.25) is 0 Å². The third kappa shape index (κ3) is 3.97. The summed E-state index contributed by atoms with van der Waals surface area (Å²) in [5.41, 5.74) is 0. The molecule has 25 heavy (non-hydrogen) atoms. The minimum absolute atomic E-state index is 0.180. The van der Waals surface area contributed by atoms with Gasteiger partial charge in [0.05, 0.1) is 19.8 Å². The number of hydrogen-bond donors (Lipinski definition) is 0. The quantitative estimate of drug-likeness (QED) is 0.819. The van der Waals surface area contributed by atoms with Crippen LogP contribution in [0.1, 0.15) is 24.6 Å². The normalized spacial score (nSPS) is 20.2. The largest absolute Gasteiger partial charge is 0.485 e. The molecule has 0 unspecified atom stereocenters. The summed E-state index contributed by atoms with van der Waals surface area (Å²) in [6, 6.07) is 5.82. The van der Waals surface area contributed by atoms with E-state index in [0.29, 0.717) is 37.2 Å². The summed E-state index contributed by atoms with van der Waals surface area (Å²) in [5, 5.41) is 3.92. The lowest BCUT2D eigenvalue weighted by Gasteiger charge is -2.36. The topological polar surface area (TPSA) is 69.9 Å². The van der Waals surface area contributed by atoms with Crippen molar-refractivity contribution in [1.29, 1.82) is 0 Å². The molecule has 134 valence electrons. The zero-order valence-corrected chi connectivity index (χ0v) is 13.8. The van der Waals surface area contributed by atoms with Crippen molar-refractivity contribution in [2.75, 3.05) is 26.3 Å². The number of benzene rings is 1. The van der Waals surface area contributed by atoms with Crippen molar-refractivity contribution in [2.24, 2.45) is 0 Å². The smallest absolute Gasteiger partial charge is 0.240 e. The Morgan fingerprint density at radius 3 is 2.56 bits per heavy atom. The van der Waals surface area contributed by atoms with Crippen LogP contribution in [0.25, 0.3) is 0 Å². The van der Waals surface area contributed by atoms with E-state index in [1.165, 1.54) is 12.1 Å². The molecule has 2 aromatic rings. The Labute approximate surface area is 144 Å². The van der Waals surface area contributed by atoms with Gasteiger partial charge in [0.1, 0.15) is 11.6 Å². The van der Waals surface area contributed by atoms with E-state index in [0.717, 1.165) is 25.9 Å². The molecule has 1 spiro atoms. The highest BCUT2D eigenvalue weighted by atomic mass is 19.1. The van der Waals surface area contributed by atoms with Crippen LogP contribution in [-0.2, 0) is 22.6 Å². The molecule has 2 aliphatic rings. The molecule has 0 aliphatic carbocycles. The molecule has 0 saturated carbocycles. The standard InChI is InChI=1S/C17H20FN3O4/c18-13-1-3-14(4-2-13)22-12-15-19-16(25-20-15)11-21-7-5-17(6-8-21)23-9-10-24-17/h1-4H,5-12H2. The highest BCUT2D eigenvalue weighted by Gasteiger charge is 2.39. The predicted molar refractivity (Wildman–Crippen MR) is 84.2 cm³/mol. The van der Waals surface area contributed by atoms with Crippen molar-refractivity contribution >= 4 is 0 Å². The van der Waals surface area contributed by atoms with Gasteiger partial charge in [-0.25, -0.2) is 4.39 Å². The number of likely N-dealkylation sites (tertiary alicyclic amines) is 1. The Kier molecular flexibility index (Phi) is 4.65. The molecule has 0 radical (unpaired) electrons. The Bertz CT molecular complexity index is 690. The molecule has 2 aliphatic heterocycles. The summed E-state index contributed by atoms with van der Waals surface area (Å²) in [6.07, 6.45) is 1.70. The van der Waals surface area contributed by atoms with E-state index in [1.54, 1.807) is 12.1 Å². The van der Waals surface area contributed by atoms with Gasteiger partial charge in [-0.2, -0.15) is 4.98 Å². The van der Waals surface area contributed by atoms with Gasteiger partial charge >= 0.3 is 0 Å². The number of ether oxygens (including phenoxy) is 3. The summed E-state index contributed by atoms with van der Waals surface area (Å²) < 4.78 is 35.1. The molecule has 2 saturated heterocycles. The number of rotatable bonds is 5. The molecule has 8 heteroatoms. The average molecular weight is 349 g/mol. The van der Waals surface area contributed by atoms with Gasteiger partial charge in [0, 0.05) is 25.9 Å². The maximum Gasteiger partial charge on any atom is 0.240 e. The van der Waals surface area contributed by atoms with Crippen molar-refractivity contribution in [3.8, 4) is 5.75 Å². The summed E-state index contributed by atoms with van der Waals surface area (Å²) in [4.78, 5) is 6.59. The van der Waals surface area contributed by atoms with Crippen molar-refractivity contribution in [2.45, 2.75) is 31.8 Å². The minimum atomic E-state index is -0.375. The molecular weight excluding hydrogens is 329 g/mol. The summed E-state index contributed by atoms with van der Waals surface area (Å²) in [6.45, 7) is 3.87. The Hall–Kier alpha value is -2.03. The average Bonchev–Trinajstić information content (AvgIpc) is 3.27. The van der Waals surface area contributed by atoms with Gasteiger partial charge in [0.25, 0.3) is 0 Å². The van der Waals surface area contributed by atoms with E-state index < -0.39 is 0 Å². The molecule has 0 bridgehead atoms. The number of piperidine rings is 1. The highest BCUT2D eigenvalue weighted by molar-refractivity contribution is 5.22. The molecule has 0 amide bonds. The van der Waals surface area contributed by atoms with Crippen LogP contribution in [0.5, 0.6) is 5.75 Å². The van der Waals surface area contributed by atoms with Crippen molar-refractivity contribution in [3.05, 3.63) is 41.8 Å². The highest BCUT2D eigenvalue weighted by Crippen LogP contribution is 2.31. The van der Waals surface area contributed by atoms with Crippen molar-refractivity contribution in [3.63, 3.8) is 0 Å². The SMILES string of the molecule is Fc1ccc(OCc2noc(CN3CCC4(CC3)OCCO4)n2)cc1. The predicted octanol–water partition coefficient (Wildman–Crippen LogP) is 2.13. The second-order valence-corrected chi connectivity index (χ2v) is 6.23. The van der Waals surface area contributed by atoms with E-state index in [1.807, 2.05) is 0 Å². The Morgan fingerprint density at radius 2 is 1.84 bits per heavy atom. The zero-order chi connectivity index (χ0) is 17.1. The van der Waals surface area contributed by atoms with Gasteiger partial charge in [0.15, 0.2) is 12.4 Å². The monoisotopic (exact) mass is 349 g/mol. The third-order valence-electron chi connectivity index (χ3n) is 4.48. The van der Waals surface area contributed by atoms with E-state index in [-0.39, 0.29) is 18.2 Å². The van der Waals surface area contributed by atoms with Gasteiger partial charge < -0.3 is 18.7 Å². The molecule has 1 aromatic heterocycles. The van der Waals surface area contributed by atoms with Crippen LogP contribution in [0.3, 0.4) is 0 Å². The zero-order valence-electron chi connectivity index (χ0n) is 13.8. The third-order valence-corrected chi connectivity index (χ3v) is 4.48. The molecule has 4 rings (SSSR count). The van der Waals surface area contributed by atoms with Gasteiger partial charge in [-0.15, -0.1) is 0 Å². The fourth-order valence-electron chi connectivity index (χ4n) is 3.12. The van der Waals surface area contributed by atoms with E-state index >= 15 is 0 Å². The van der Waals surface area contributed by atoms with Crippen LogP contribution in [0.4, 0.5) is 4.39 Å². The lowest BCUT2D eigenvalue weighted by atomic mass is 10.0. The molecular formula is C17H20FN3O4. The number of aromatic nitrogens is 2. The maximum absolute atomic E-state index is 12.9. The molecule has 7 nitrogen and oxygen atoms in total. The van der Waals surface area contributed by atoms with Gasteiger partial charge in [-0.1, -0.05) is 5.16 Å². The Morgan fingerprint density at radius 1 is 1.12 bits per heavy atom. The number of hydrogen-bond acceptors (Lipinski definition) is 7. The van der Waals surface area contributed by atoms with E-state index in [4.69, 9.17) is 18.7 Å². The molecule has 0 N–H and O–H groups in total. The fourth-order valence-corrected chi connectivity index (χ4v) is 3.12. The van der Waals surface area contributed by atoms with E-state index in [2.05, 4.69) is 15.0 Å².